The largest absolute Gasteiger partial charge is 0.293 e. The molecule has 1 heterocycles. The Morgan fingerprint density at radius 2 is 2.16 bits per heavy atom. The van der Waals surface area contributed by atoms with Gasteiger partial charge in [-0.1, -0.05) is 24.3 Å². The lowest BCUT2D eigenvalue weighted by Crippen LogP contribution is -2.27. The van der Waals surface area contributed by atoms with Gasteiger partial charge in [0.1, 0.15) is 10.0 Å². The molecule has 1 aromatic carbocycles. The summed E-state index contributed by atoms with van der Waals surface area (Å²) >= 11 is 1.70. The Labute approximate surface area is 118 Å². The third-order valence-electron chi connectivity index (χ3n) is 3.82. The minimum absolute atomic E-state index is 0.522. The molecule has 100 valence electrons. The molecule has 19 heavy (non-hydrogen) atoms. The SMILES string of the molecule is Cc1nnc(CN(C)C2CCCc3ccccc32)s1. The molecule has 1 atom stereocenters. The van der Waals surface area contributed by atoms with E-state index >= 15 is 0 Å². The van der Waals surface area contributed by atoms with Gasteiger partial charge in [0.05, 0.1) is 6.54 Å². The van der Waals surface area contributed by atoms with E-state index < -0.39 is 0 Å². The highest BCUT2D eigenvalue weighted by Gasteiger charge is 2.23. The van der Waals surface area contributed by atoms with Crippen molar-refractivity contribution >= 4 is 11.3 Å². The Morgan fingerprint density at radius 3 is 2.95 bits per heavy atom. The molecule has 1 aliphatic carbocycles. The van der Waals surface area contributed by atoms with Gasteiger partial charge in [0.2, 0.25) is 0 Å². The smallest absolute Gasteiger partial charge is 0.131 e. The number of benzene rings is 1. The molecule has 0 saturated heterocycles. The van der Waals surface area contributed by atoms with Crippen molar-refractivity contribution in [3.05, 3.63) is 45.4 Å². The highest BCUT2D eigenvalue weighted by atomic mass is 32.1. The number of fused-ring (bicyclic) bond motifs is 1. The van der Waals surface area contributed by atoms with E-state index in [0.29, 0.717) is 6.04 Å². The average Bonchev–Trinajstić information content (AvgIpc) is 2.83. The van der Waals surface area contributed by atoms with E-state index in [2.05, 4.69) is 46.4 Å². The molecular weight excluding hydrogens is 254 g/mol. The van der Waals surface area contributed by atoms with E-state index in [1.165, 1.54) is 30.4 Å². The molecule has 1 aliphatic rings. The van der Waals surface area contributed by atoms with E-state index in [1.54, 1.807) is 11.3 Å². The lowest BCUT2D eigenvalue weighted by Gasteiger charge is -2.32. The third-order valence-corrected chi connectivity index (χ3v) is 4.65. The summed E-state index contributed by atoms with van der Waals surface area (Å²) in [6, 6.07) is 9.37. The van der Waals surface area contributed by atoms with E-state index in [4.69, 9.17) is 0 Å². The van der Waals surface area contributed by atoms with E-state index in [1.807, 2.05) is 6.92 Å². The Balaban J connectivity index is 1.79. The van der Waals surface area contributed by atoms with Crippen LogP contribution in [0.2, 0.25) is 0 Å². The topological polar surface area (TPSA) is 29.0 Å². The van der Waals surface area contributed by atoms with Crippen LogP contribution in [-0.2, 0) is 13.0 Å². The Morgan fingerprint density at radius 1 is 1.32 bits per heavy atom. The van der Waals surface area contributed by atoms with Gasteiger partial charge in [-0.2, -0.15) is 0 Å². The molecule has 0 radical (unpaired) electrons. The molecule has 0 spiro atoms. The van der Waals surface area contributed by atoms with Crippen molar-refractivity contribution in [2.45, 2.75) is 38.8 Å². The summed E-state index contributed by atoms with van der Waals surface area (Å²) in [6.07, 6.45) is 3.74. The van der Waals surface area contributed by atoms with Crippen molar-refractivity contribution in [2.75, 3.05) is 7.05 Å². The van der Waals surface area contributed by atoms with Gasteiger partial charge in [0.25, 0.3) is 0 Å². The fraction of sp³-hybridized carbons (Fsp3) is 0.467. The number of hydrogen-bond acceptors (Lipinski definition) is 4. The van der Waals surface area contributed by atoms with Gasteiger partial charge in [-0.3, -0.25) is 4.90 Å². The van der Waals surface area contributed by atoms with Crippen molar-refractivity contribution in [1.29, 1.82) is 0 Å². The molecule has 0 amide bonds. The van der Waals surface area contributed by atoms with Crippen molar-refractivity contribution in [2.24, 2.45) is 0 Å². The van der Waals surface area contributed by atoms with Gasteiger partial charge in [-0.25, -0.2) is 0 Å². The number of hydrogen-bond donors (Lipinski definition) is 0. The molecule has 4 heteroatoms. The normalized spacial score (nSPS) is 18.6. The summed E-state index contributed by atoms with van der Waals surface area (Å²) in [7, 11) is 2.20. The fourth-order valence-corrected chi connectivity index (χ4v) is 3.68. The monoisotopic (exact) mass is 273 g/mol. The number of rotatable bonds is 3. The quantitative estimate of drug-likeness (QED) is 0.858. The first-order valence-electron chi connectivity index (χ1n) is 6.81. The highest BCUT2D eigenvalue weighted by Crippen LogP contribution is 2.34. The van der Waals surface area contributed by atoms with Crippen LogP contribution in [0.3, 0.4) is 0 Å². The molecule has 1 unspecified atom stereocenters. The van der Waals surface area contributed by atoms with Gasteiger partial charge in [-0.05, 0) is 44.4 Å². The van der Waals surface area contributed by atoms with E-state index in [9.17, 15) is 0 Å². The summed E-state index contributed by atoms with van der Waals surface area (Å²) in [6.45, 7) is 2.90. The summed E-state index contributed by atoms with van der Waals surface area (Å²) in [5.74, 6) is 0. The number of nitrogens with zero attached hydrogens (tertiary/aromatic N) is 3. The van der Waals surface area contributed by atoms with Gasteiger partial charge in [0.15, 0.2) is 0 Å². The minimum atomic E-state index is 0.522. The van der Waals surface area contributed by atoms with E-state index in [0.717, 1.165) is 16.6 Å². The standard InChI is InChI=1S/C15H19N3S/c1-11-16-17-15(19-11)10-18(2)14-9-5-7-12-6-3-4-8-13(12)14/h3-4,6,8,14H,5,7,9-10H2,1-2H3. The summed E-state index contributed by atoms with van der Waals surface area (Å²) in [4.78, 5) is 2.41. The first-order chi connectivity index (χ1) is 9.24. The lowest BCUT2D eigenvalue weighted by molar-refractivity contribution is 0.212. The van der Waals surface area contributed by atoms with Crippen molar-refractivity contribution in [3.8, 4) is 0 Å². The lowest BCUT2D eigenvalue weighted by atomic mass is 9.87. The molecule has 3 nitrogen and oxygen atoms in total. The zero-order chi connectivity index (χ0) is 13.2. The first-order valence-corrected chi connectivity index (χ1v) is 7.62. The summed E-state index contributed by atoms with van der Waals surface area (Å²) in [5, 5.41) is 10.5. The Bertz CT molecular complexity index is 564. The summed E-state index contributed by atoms with van der Waals surface area (Å²) in [5.41, 5.74) is 3.01. The third kappa shape index (κ3) is 2.69. The molecule has 2 aromatic rings. The van der Waals surface area contributed by atoms with Crippen LogP contribution in [0.15, 0.2) is 24.3 Å². The van der Waals surface area contributed by atoms with Crippen LogP contribution in [0.1, 0.15) is 40.0 Å². The number of aromatic nitrogens is 2. The average molecular weight is 273 g/mol. The minimum Gasteiger partial charge on any atom is -0.293 e. The van der Waals surface area contributed by atoms with Crippen LogP contribution in [0, 0.1) is 6.92 Å². The van der Waals surface area contributed by atoms with Gasteiger partial charge >= 0.3 is 0 Å². The highest BCUT2D eigenvalue weighted by molar-refractivity contribution is 7.11. The zero-order valence-electron chi connectivity index (χ0n) is 11.5. The molecule has 0 N–H and O–H groups in total. The maximum Gasteiger partial charge on any atom is 0.131 e. The van der Waals surface area contributed by atoms with Crippen molar-refractivity contribution in [1.82, 2.24) is 15.1 Å². The predicted molar refractivity (Wildman–Crippen MR) is 78.2 cm³/mol. The first kappa shape index (κ1) is 12.8. The van der Waals surface area contributed by atoms with Crippen LogP contribution in [0.4, 0.5) is 0 Å². The van der Waals surface area contributed by atoms with E-state index in [-0.39, 0.29) is 0 Å². The maximum atomic E-state index is 4.23. The molecule has 0 aliphatic heterocycles. The second-order valence-corrected chi connectivity index (χ2v) is 6.50. The van der Waals surface area contributed by atoms with Crippen LogP contribution in [0.25, 0.3) is 0 Å². The zero-order valence-corrected chi connectivity index (χ0v) is 12.3. The van der Waals surface area contributed by atoms with Crippen LogP contribution < -0.4 is 0 Å². The molecule has 1 aromatic heterocycles. The second kappa shape index (κ2) is 5.39. The molecule has 0 bridgehead atoms. The second-order valence-electron chi connectivity index (χ2n) is 5.24. The molecule has 0 saturated carbocycles. The Kier molecular flexibility index (Phi) is 3.62. The molecule has 0 fully saturated rings. The van der Waals surface area contributed by atoms with Crippen molar-refractivity contribution < 1.29 is 0 Å². The Hall–Kier alpha value is -1.26. The number of aryl methyl sites for hydroxylation is 2. The summed E-state index contributed by atoms with van der Waals surface area (Å²) < 4.78 is 0. The predicted octanol–water partition coefficient (Wildman–Crippen LogP) is 3.36. The van der Waals surface area contributed by atoms with Gasteiger partial charge in [-0.15, -0.1) is 21.5 Å². The maximum absolute atomic E-state index is 4.23. The van der Waals surface area contributed by atoms with Gasteiger partial charge < -0.3 is 0 Å². The van der Waals surface area contributed by atoms with Crippen LogP contribution >= 0.6 is 11.3 Å². The molecule has 3 rings (SSSR count). The van der Waals surface area contributed by atoms with Crippen LogP contribution in [0.5, 0.6) is 0 Å². The van der Waals surface area contributed by atoms with Gasteiger partial charge in [0, 0.05) is 6.04 Å². The molecular formula is C15H19N3S. The van der Waals surface area contributed by atoms with Crippen LogP contribution in [-0.4, -0.2) is 22.1 Å². The van der Waals surface area contributed by atoms with Crippen molar-refractivity contribution in [3.63, 3.8) is 0 Å². The fourth-order valence-electron chi connectivity index (χ4n) is 2.91.